The quantitative estimate of drug-likeness (QED) is 0.545. The van der Waals surface area contributed by atoms with Crippen LogP contribution in [0.15, 0.2) is 16.9 Å². The molecule has 0 atom stereocenters. The van der Waals surface area contributed by atoms with Crippen LogP contribution in [0.3, 0.4) is 0 Å². The maximum atomic E-state index is 4.15. The minimum Gasteiger partial charge on any atom is -0.159 e. The van der Waals surface area contributed by atoms with Crippen molar-refractivity contribution in [2.75, 3.05) is 0 Å². The van der Waals surface area contributed by atoms with Crippen molar-refractivity contribution < 1.29 is 0 Å². The molecule has 2 heteroatoms. The normalized spacial score (nSPS) is 24.8. The van der Waals surface area contributed by atoms with E-state index in [1.54, 1.807) is 0 Å². The van der Waals surface area contributed by atoms with Crippen LogP contribution in [-0.2, 0) is 0 Å². The predicted octanol–water partition coefficient (Wildman–Crippen LogP) is 2.05. The molecule has 1 saturated carbocycles. The molecule has 0 N–H and O–H groups in total. The number of nitrogens with zero attached hydrogens (tertiary/aromatic N) is 2. The first kappa shape index (κ1) is 6.89. The zero-order chi connectivity index (χ0) is 7.68. The van der Waals surface area contributed by atoms with Gasteiger partial charge in [0.2, 0.25) is 0 Å². The molecule has 1 aliphatic heterocycles. The molecule has 2 aliphatic rings. The van der Waals surface area contributed by atoms with Gasteiger partial charge in [0.05, 0.1) is 11.9 Å². The molecular formula is C9H13N2. The summed E-state index contributed by atoms with van der Waals surface area (Å²) in [4.78, 5) is 0. The van der Waals surface area contributed by atoms with E-state index in [1.165, 1.54) is 37.0 Å². The molecule has 0 aromatic heterocycles. The smallest absolute Gasteiger partial charge is 0.0706 e. The Labute approximate surface area is 67.4 Å². The first-order valence-corrected chi connectivity index (χ1v) is 4.33. The van der Waals surface area contributed by atoms with Crippen LogP contribution in [0.5, 0.6) is 0 Å². The fraction of sp³-hybridized carbons (Fsp3) is 0.667. The second-order valence-electron chi connectivity index (χ2n) is 3.39. The molecule has 1 radical (unpaired) electrons. The highest BCUT2D eigenvalue weighted by Gasteiger charge is 2.23. The van der Waals surface area contributed by atoms with Gasteiger partial charge in [-0.2, -0.15) is 10.5 Å². The van der Waals surface area contributed by atoms with Gasteiger partial charge >= 0.3 is 0 Å². The highest BCUT2D eigenvalue weighted by atomic mass is 15.3. The van der Waals surface area contributed by atoms with E-state index in [9.17, 15) is 0 Å². The first-order chi connectivity index (χ1) is 5.38. The molecule has 0 unspecified atom stereocenters. The lowest BCUT2D eigenvalue weighted by molar-refractivity contribution is 0.724. The number of allylic oxidation sites excluding steroid dienone is 1. The van der Waals surface area contributed by atoms with E-state index < -0.39 is 0 Å². The van der Waals surface area contributed by atoms with Crippen molar-refractivity contribution in [3.8, 4) is 0 Å². The van der Waals surface area contributed by atoms with Crippen LogP contribution >= 0.6 is 0 Å². The van der Waals surface area contributed by atoms with Gasteiger partial charge in [0.25, 0.3) is 0 Å². The van der Waals surface area contributed by atoms with Gasteiger partial charge in [0, 0.05) is 5.92 Å². The van der Waals surface area contributed by atoms with Gasteiger partial charge in [-0.15, -0.1) is 0 Å². The Morgan fingerprint density at radius 1 is 1.36 bits per heavy atom. The zero-order valence-corrected chi connectivity index (χ0v) is 6.88. The summed E-state index contributed by atoms with van der Waals surface area (Å²) in [7, 11) is 0. The first-order valence-electron chi connectivity index (χ1n) is 4.33. The Morgan fingerprint density at radius 3 is 2.64 bits per heavy atom. The molecule has 0 spiro atoms. The van der Waals surface area contributed by atoms with Gasteiger partial charge in [-0.3, -0.25) is 0 Å². The summed E-state index contributed by atoms with van der Waals surface area (Å²) in [6.45, 7) is 2.10. The van der Waals surface area contributed by atoms with Crippen LogP contribution < -0.4 is 5.43 Å². The van der Waals surface area contributed by atoms with E-state index in [1.807, 2.05) is 6.20 Å². The minimum atomic E-state index is 0.720. The number of hydrogen-bond acceptors (Lipinski definition) is 1. The third-order valence-electron chi connectivity index (χ3n) is 2.56. The number of hydrogen-bond donors (Lipinski definition) is 0. The third-order valence-corrected chi connectivity index (χ3v) is 2.56. The van der Waals surface area contributed by atoms with E-state index in [0.717, 1.165) is 5.92 Å². The molecule has 0 aromatic carbocycles. The Kier molecular flexibility index (Phi) is 1.68. The fourth-order valence-corrected chi connectivity index (χ4v) is 1.93. The highest BCUT2D eigenvalue weighted by molar-refractivity contribution is 6.02. The summed E-state index contributed by atoms with van der Waals surface area (Å²) in [5, 5.41) is 4.15. The molecular weight excluding hydrogens is 136 g/mol. The topological polar surface area (TPSA) is 26.5 Å². The standard InChI is InChI=1S/C9H13N2/c1-7-6-10-11-9(7)8-4-2-3-5-8/h6,8H,2-5H2,1H3. The monoisotopic (exact) mass is 149 g/mol. The fourth-order valence-electron chi connectivity index (χ4n) is 1.93. The van der Waals surface area contributed by atoms with Gasteiger partial charge in [0.15, 0.2) is 0 Å². The Balaban J connectivity index is 2.09. The van der Waals surface area contributed by atoms with Gasteiger partial charge in [-0.1, -0.05) is 12.8 Å². The lowest BCUT2D eigenvalue weighted by Crippen LogP contribution is -2.09. The van der Waals surface area contributed by atoms with Crippen molar-refractivity contribution in [2.24, 2.45) is 11.0 Å². The van der Waals surface area contributed by atoms with Crippen molar-refractivity contribution in [1.29, 1.82) is 0 Å². The summed E-state index contributed by atoms with van der Waals surface area (Å²) in [5.74, 6) is 0.720. The average molecular weight is 149 g/mol. The van der Waals surface area contributed by atoms with Gasteiger partial charge in [0.1, 0.15) is 0 Å². The van der Waals surface area contributed by atoms with Gasteiger partial charge in [-0.25, -0.2) is 0 Å². The Morgan fingerprint density at radius 2 is 2.09 bits per heavy atom. The number of rotatable bonds is 1. The van der Waals surface area contributed by atoms with E-state index in [0.29, 0.717) is 0 Å². The predicted molar refractivity (Wildman–Crippen MR) is 45.3 cm³/mol. The molecule has 0 aromatic rings. The van der Waals surface area contributed by atoms with Crippen LogP contribution in [0.2, 0.25) is 0 Å². The van der Waals surface area contributed by atoms with Crippen LogP contribution in [0.1, 0.15) is 32.6 Å². The molecule has 0 saturated heterocycles. The minimum absolute atomic E-state index is 0.720. The molecule has 0 amide bonds. The second kappa shape index (κ2) is 2.68. The largest absolute Gasteiger partial charge is 0.159 e. The molecule has 1 aliphatic carbocycles. The van der Waals surface area contributed by atoms with Crippen LogP contribution in [0, 0.1) is 5.92 Å². The van der Waals surface area contributed by atoms with Crippen molar-refractivity contribution in [1.82, 2.24) is 5.43 Å². The maximum absolute atomic E-state index is 4.15. The molecule has 1 fully saturated rings. The summed E-state index contributed by atoms with van der Waals surface area (Å²) in [6, 6.07) is 0. The Hall–Kier alpha value is -0.790. The van der Waals surface area contributed by atoms with Crippen molar-refractivity contribution >= 4 is 5.71 Å². The lowest BCUT2D eigenvalue weighted by atomic mass is 9.97. The van der Waals surface area contributed by atoms with E-state index in [-0.39, 0.29) is 0 Å². The third kappa shape index (κ3) is 1.17. The van der Waals surface area contributed by atoms with E-state index >= 15 is 0 Å². The molecule has 1 heterocycles. The SMILES string of the molecule is CC1=C[N]N=C1C1CCCC1. The van der Waals surface area contributed by atoms with Crippen LogP contribution in [0.4, 0.5) is 0 Å². The van der Waals surface area contributed by atoms with Gasteiger partial charge < -0.3 is 0 Å². The molecule has 2 rings (SSSR count). The summed E-state index contributed by atoms with van der Waals surface area (Å²) in [6.07, 6.45) is 7.25. The Bertz CT molecular complexity index is 210. The maximum Gasteiger partial charge on any atom is 0.0706 e. The van der Waals surface area contributed by atoms with Crippen molar-refractivity contribution in [2.45, 2.75) is 32.6 Å². The van der Waals surface area contributed by atoms with E-state index in [2.05, 4.69) is 17.5 Å². The van der Waals surface area contributed by atoms with Crippen LogP contribution in [0.25, 0.3) is 0 Å². The summed E-state index contributed by atoms with van der Waals surface area (Å²) in [5.41, 5.74) is 6.44. The molecule has 11 heavy (non-hydrogen) atoms. The summed E-state index contributed by atoms with van der Waals surface area (Å²) >= 11 is 0. The lowest BCUT2D eigenvalue weighted by Gasteiger charge is -2.07. The second-order valence-corrected chi connectivity index (χ2v) is 3.39. The van der Waals surface area contributed by atoms with E-state index in [4.69, 9.17) is 0 Å². The molecule has 0 bridgehead atoms. The highest BCUT2D eigenvalue weighted by Crippen LogP contribution is 2.29. The van der Waals surface area contributed by atoms with Crippen molar-refractivity contribution in [3.05, 3.63) is 11.8 Å². The van der Waals surface area contributed by atoms with Crippen molar-refractivity contribution in [3.63, 3.8) is 0 Å². The summed E-state index contributed by atoms with van der Waals surface area (Å²) < 4.78 is 0. The van der Waals surface area contributed by atoms with Crippen LogP contribution in [-0.4, -0.2) is 5.71 Å². The molecule has 59 valence electrons. The average Bonchev–Trinajstić information content (AvgIpc) is 2.55. The molecule has 2 nitrogen and oxygen atoms in total. The van der Waals surface area contributed by atoms with Gasteiger partial charge in [-0.05, 0) is 25.3 Å². The zero-order valence-electron chi connectivity index (χ0n) is 6.88.